The molecular weight excluding hydrogens is 239 g/mol. The Kier molecular flexibility index (Phi) is 2.94. The van der Waals surface area contributed by atoms with Crippen LogP contribution in [0.25, 0.3) is 0 Å². The number of hydrogen-bond donors (Lipinski definition) is 0. The second-order valence-corrected chi connectivity index (χ2v) is 5.14. The predicted octanol–water partition coefficient (Wildman–Crippen LogP) is 4.13. The van der Waals surface area contributed by atoms with Gasteiger partial charge in [-0.05, 0) is 30.5 Å². The third-order valence-electron chi connectivity index (χ3n) is 4.05. The van der Waals surface area contributed by atoms with Crippen LogP contribution in [0.15, 0.2) is 54.6 Å². The van der Waals surface area contributed by atoms with Gasteiger partial charge in [-0.1, -0.05) is 48.9 Å². The van der Waals surface area contributed by atoms with Crippen LogP contribution < -0.4 is 0 Å². The Hall–Kier alpha value is -1.96. The molecule has 1 saturated carbocycles. The van der Waals surface area contributed by atoms with Crippen LogP contribution in [0.2, 0.25) is 0 Å². The molecule has 2 aromatic carbocycles. The normalized spacial score (nSPS) is 16.7. The Bertz CT molecular complexity index is 600. The maximum Gasteiger partial charge on any atom is 0.173 e. The largest absolute Gasteiger partial charge is 0.293 e. The van der Waals surface area contributed by atoms with Gasteiger partial charge >= 0.3 is 0 Å². The summed E-state index contributed by atoms with van der Waals surface area (Å²) in [4.78, 5) is 12.7. The lowest BCUT2D eigenvalue weighted by Crippen LogP contribution is -2.42. The lowest BCUT2D eigenvalue weighted by molar-refractivity contribution is 0.0788. The molecule has 3 rings (SSSR count). The zero-order valence-corrected chi connectivity index (χ0v) is 10.6. The van der Waals surface area contributed by atoms with Gasteiger partial charge in [0, 0.05) is 5.56 Å². The zero-order valence-electron chi connectivity index (χ0n) is 10.6. The van der Waals surface area contributed by atoms with E-state index in [0.717, 1.165) is 24.8 Å². The number of ketones is 1. The number of halogens is 1. The molecule has 0 unspecified atom stereocenters. The first-order valence-corrected chi connectivity index (χ1v) is 6.58. The Labute approximate surface area is 112 Å². The molecule has 0 amide bonds. The molecule has 0 saturated heterocycles. The van der Waals surface area contributed by atoms with Crippen molar-refractivity contribution in [2.75, 3.05) is 0 Å². The Morgan fingerprint density at radius 2 is 1.74 bits per heavy atom. The van der Waals surface area contributed by atoms with Gasteiger partial charge in [0.1, 0.15) is 5.82 Å². The minimum Gasteiger partial charge on any atom is -0.293 e. The number of carbonyl (C=O) groups is 1. The minimum absolute atomic E-state index is 0.0458. The van der Waals surface area contributed by atoms with E-state index in [1.54, 1.807) is 12.1 Å². The summed E-state index contributed by atoms with van der Waals surface area (Å²) in [5, 5.41) is 0. The van der Waals surface area contributed by atoms with Crippen LogP contribution >= 0.6 is 0 Å². The summed E-state index contributed by atoms with van der Waals surface area (Å²) >= 11 is 0. The van der Waals surface area contributed by atoms with Crippen LogP contribution in [0, 0.1) is 5.82 Å². The summed E-state index contributed by atoms with van der Waals surface area (Å²) in [5.41, 5.74) is 1.09. The average molecular weight is 254 g/mol. The Morgan fingerprint density at radius 3 is 2.32 bits per heavy atom. The van der Waals surface area contributed by atoms with Crippen LogP contribution in [0.4, 0.5) is 4.39 Å². The maximum atomic E-state index is 13.3. The van der Waals surface area contributed by atoms with E-state index in [0.29, 0.717) is 5.56 Å². The molecular formula is C17H15FO. The van der Waals surface area contributed by atoms with E-state index in [1.165, 1.54) is 12.1 Å². The van der Waals surface area contributed by atoms with Gasteiger partial charge in [-0.15, -0.1) is 0 Å². The van der Waals surface area contributed by atoms with E-state index in [-0.39, 0.29) is 11.6 Å². The van der Waals surface area contributed by atoms with Crippen molar-refractivity contribution < 1.29 is 9.18 Å². The first-order chi connectivity index (χ1) is 9.22. The van der Waals surface area contributed by atoms with Crippen molar-refractivity contribution in [1.82, 2.24) is 0 Å². The van der Waals surface area contributed by atoms with Gasteiger partial charge in [0.15, 0.2) is 5.78 Å². The maximum absolute atomic E-state index is 13.3. The molecule has 96 valence electrons. The summed E-state index contributed by atoms with van der Waals surface area (Å²) in [6.45, 7) is 0. The molecule has 1 aliphatic carbocycles. The fourth-order valence-electron chi connectivity index (χ4n) is 2.84. The molecule has 0 N–H and O–H groups in total. The number of benzene rings is 2. The standard InChI is InChI=1S/C17H15FO/c18-15-9-4-6-13(12-15)16(19)17(10-5-11-17)14-7-2-1-3-8-14/h1-4,6-9,12H,5,10-11H2. The van der Waals surface area contributed by atoms with Crippen LogP contribution in [0.1, 0.15) is 35.2 Å². The molecule has 0 aromatic heterocycles. The van der Waals surface area contributed by atoms with Crippen molar-refractivity contribution in [3.05, 3.63) is 71.5 Å². The highest BCUT2D eigenvalue weighted by Gasteiger charge is 2.45. The van der Waals surface area contributed by atoms with E-state index >= 15 is 0 Å². The monoisotopic (exact) mass is 254 g/mol. The van der Waals surface area contributed by atoms with Crippen LogP contribution in [0.3, 0.4) is 0 Å². The fraction of sp³-hybridized carbons (Fsp3) is 0.235. The summed E-state index contributed by atoms with van der Waals surface area (Å²) in [6, 6.07) is 15.9. The second kappa shape index (κ2) is 4.61. The molecule has 0 aliphatic heterocycles. The molecule has 1 fully saturated rings. The molecule has 0 heterocycles. The summed E-state index contributed by atoms with van der Waals surface area (Å²) in [7, 11) is 0. The number of rotatable bonds is 3. The quantitative estimate of drug-likeness (QED) is 0.753. The Morgan fingerprint density at radius 1 is 1.00 bits per heavy atom. The van der Waals surface area contributed by atoms with Crippen molar-refractivity contribution in [1.29, 1.82) is 0 Å². The van der Waals surface area contributed by atoms with E-state index < -0.39 is 5.41 Å². The van der Waals surface area contributed by atoms with E-state index in [4.69, 9.17) is 0 Å². The molecule has 2 aromatic rings. The van der Waals surface area contributed by atoms with Crippen LogP contribution in [0.5, 0.6) is 0 Å². The van der Waals surface area contributed by atoms with Crippen molar-refractivity contribution in [2.24, 2.45) is 0 Å². The van der Waals surface area contributed by atoms with Crippen molar-refractivity contribution in [3.63, 3.8) is 0 Å². The van der Waals surface area contributed by atoms with Gasteiger partial charge in [0.25, 0.3) is 0 Å². The van der Waals surface area contributed by atoms with Gasteiger partial charge in [-0.2, -0.15) is 0 Å². The summed E-state index contributed by atoms with van der Waals surface area (Å²) in [5.74, 6) is -0.308. The number of hydrogen-bond acceptors (Lipinski definition) is 1. The van der Waals surface area contributed by atoms with Crippen LogP contribution in [-0.4, -0.2) is 5.78 Å². The predicted molar refractivity (Wildman–Crippen MR) is 72.7 cm³/mol. The SMILES string of the molecule is O=C(c1cccc(F)c1)C1(c2ccccc2)CCC1. The zero-order chi connectivity index (χ0) is 13.3. The molecule has 0 atom stereocenters. The summed E-state index contributed by atoms with van der Waals surface area (Å²) in [6.07, 6.45) is 2.76. The lowest BCUT2D eigenvalue weighted by atomic mass is 9.61. The van der Waals surface area contributed by atoms with Crippen molar-refractivity contribution >= 4 is 5.78 Å². The Balaban J connectivity index is 2.01. The van der Waals surface area contributed by atoms with E-state index in [9.17, 15) is 9.18 Å². The minimum atomic E-state index is -0.435. The van der Waals surface area contributed by atoms with Crippen molar-refractivity contribution in [2.45, 2.75) is 24.7 Å². The van der Waals surface area contributed by atoms with E-state index in [1.807, 2.05) is 30.3 Å². The second-order valence-electron chi connectivity index (χ2n) is 5.14. The smallest absolute Gasteiger partial charge is 0.173 e. The van der Waals surface area contributed by atoms with Gasteiger partial charge < -0.3 is 0 Å². The van der Waals surface area contributed by atoms with E-state index in [2.05, 4.69) is 0 Å². The highest BCUT2D eigenvalue weighted by atomic mass is 19.1. The van der Waals surface area contributed by atoms with Gasteiger partial charge in [-0.3, -0.25) is 4.79 Å². The lowest BCUT2D eigenvalue weighted by Gasteiger charge is -2.41. The molecule has 0 radical (unpaired) electrons. The number of Topliss-reactive ketones (excluding diaryl/α,β-unsaturated/α-hetero) is 1. The topological polar surface area (TPSA) is 17.1 Å². The van der Waals surface area contributed by atoms with Crippen LogP contribution in [-0.2, 0) is 5.41 Å². The molecule has 0 spiro atoms. The molecule has 2 heteroatoms. The third kappa shape index (κ3) is 1.97. The first kappa shape index (κ1) is 12.1. The molecule has 0 bridgehead atoms. The highest BCUT2D eigenvalue weighted by molar-refractivity contribution is 6.04. The number of carbonyl (C=O) groups excluding carboxylic acids is 1. The van der Waals surface area contributed by atoms with Gasteiger partial charge in [0.2, 0.25) is 0 Å². The van der Waals surface area contributed by atoms with Gasteiger partial charge in [0.05, 0.1) is 5.41 Å². The molecule has 1 nitrogen and oxygen atoms in total. The average Bonchev–Trinajstić information content (AvgIpc) is 2.38. The van der Waals surface area contributed by atoms with Crippen molar-refractivity contribution in [3.8, 4) is 0 Å². The first-order valence-electron chi connectivity index (χ1n) is 6.58. The third-order valence-corrected chi connectivity index (χ3v) is 4.05. The molecule has 1 aliphatic rings. The highest BCUT2D eigenvalue weighted by Crippen LogP contribution is 2.46. The fourth-order valence-corrected chi connectivity index (χ4v) is 2.84. The molecule has 19 heavy (non-hydrogen) atoms. The summed E-state index contributed by atoms with van der Waals surface area (Å²) < 4.78 is 13.3. The van der Waals surface area contributed by atoms with Gasteiger partial charge in [-0.25, -0.2) is 4.39 Å².